The molecule has 208 valence electrons. The molecule has 40 heavy (non-hydrogen) atoms. The minimum absolute atomic E-state index is 0.0689. The third kappa shape index (κ3) is 5.79. The summed E-state index contributed by atoms with van der Waals surface area (Å²) in [6.45, 7) is 0.630. The van der Waals surface area contributed by atoms with Crippen LogP contribution in [0.1, 0.15) is 32.6 Å². The average Bonchev–Trinajstić information content (AvgIpc) is 3.47. The van der Waals surface area contributed by atoms with E-state index in [1.54, 1.807) is 46.5 Å². The van der Waals surface area contributed by atoms with Crippen LogP contribution in [0.25, 0.3) is 10.9 Å². The largest absolute Gasteiger partial charge is 0.395 e. The van der Waals surface area contributed by atoms with Crippen LogP contribution in [0.3, 0.4) is 0 Å². The van der Waals surface area contributed by atoms with Crippen LogP contribution in [0, 0.1) is 0 Å². The Morgan fingerprint density at radius 2 is 2.00 bits per heavy atom. The first kappa shape index (κ1) is 27.9. The fraction of sp³-hybridized carbons (Fsp3) is 0.286. The summed E-state index contributed by atoms with van der Waals surface area (Å²) >= 11 is 7.31. The maximum Gasteiger partial charge on any atom is 0.257 e. The molecule has 2 aromatic carbocycles. The predicted octanol–water partition coefficient (Wildman–Crippen LogP) is 2.55. The first-order valence-corrected chi connectivity index (χ1v) is 13.9. The number of anilines is 1. The Bertz CT molecular complexity index is 1610. The summed E-state index contributed by atoms with van der Waals surface area (Å²) in [4.78, 5) is 47.4. The van der Waals surface area contributed by atoms with Crippen LogP contribution in [0.4, 0.5) is 5.69 Å². The number of nitrogens with zero attached hydrogens (tertiary/aromatic N) is 4. The molecule has 0 aliphatic carbocycles. The van der Waals surface area contributed by atoms with Crippen LogP contribution in [-0.2, 0) is 24.4 Å². The number of β-amino-alcohol motifs (C(OH)–C–C–N with tert-alkyl or cyclic N) is 1. The number of carbonyl (C=O) groups is 2. The van der Waals surface area contributed by atoms with Gasteiger partial charge in [0.25, 0.3) is 5.91 Å². The number of nitrogens with one attached hydrogen (secondary N) is 1. The number of thiazole rings is 1. The Kier molecular flexibility index (Phi) is 8.29. The smallest absolute Gasteiger partial charge is 0.257 e. The van der Waals surface area contributed by atoms with E-state index in [0.717, 1.165) is 11.1 Å². The lowest BCUT2D eigenvalue weighted by Crippen LogP contribution is -2.41. The van der Waals surface area contributed by atoms with E-state index in [9.17, 15) is 24.6 Å². The van der Waals surface area contributed by atoms with Gasteiger partial charge in [-0.3, -0.25) is 19.3 Å². The van der Waals surface area contributed by atoms with Gasteiger partial charge in [0.2, 0.25) is 11.3 Å². The van der Waals surface area contributed by atoms with Crippen molar-refractivity contribution in [2.45, 2.75) is 25.7 Å². The normalized spacial score (nSPS) is 13.7. The fourth-order valence-corrected chi connectivity index (χ4v) is 5.64. The SMILES string of the molecule is CN(Cc1cc2c3c(c1)c(=O)c(C(=O)NCc1ccc(Cl)cc1)cn3CC(=O)N2CCO)C[C@@H](O)c1nccs1. The van der Waals surface area contributed by atoms with Crippen molar-refractivity contribution >= 4 is 51.3 Å². The Labute approximate surface area is 239 Å². The zero-order chi connectivity index (χ0) is 28.4. The standard InChI is InChI=1S/C28H28ClN5O5S/c1-32(15-23(36)28-30-6-9-40-28)13-18-10-20-25-22(11-18)34(7-8-35)24(37)16-33(25)14-21(26(20)38)27(39)31-12-17-2-4-19(29)5-3-17/h2-6,9-11,14,23,35-36H,7-8,12-13,15-16H2,1H3,(H,31,39)/t23-/m1/s1. The molecule has 0 fully saturated rings. The average molecular weight is 582 g/mol. The van der Waals surface area contributed by atoms with Gasteiger partial charge in [-0.25, -0.2) is 4.98 Å². The third-order valence-electron chi connectivity index (χ3n) is 6.72. The van der Waals surface area contributed by atoms with E-state index in [2.05, 4.69) is 10.3 Å². The van der Waals surface area contributed by atoms with Crippen LogP contribution < -0.4 is 15.6 Å². The summed E-state index contributed by atoms with van der Waals surface area (Å²) in [5.41, 5.74) is 2.05. The second kappa shape index (κ2) is 11.9. The molecule has 12 heteroatoms. The number of benzene rings is 2. The van der Waals surface area contributed by atoms with E-state index >= 15 is 0 Å². The molecule has 0 saturated carbocycles. The molecule has 3 heterocycles. The van der Waals surface area contributed by atoms with Crippen molar-refractivity contribution in [1.82, 2.24) is 19.8 Å². The number of hydrogen-bond acceptors (Lipinski definition) is 8. The number of halogens is 1. The quantitative estimate of drug-likeness (QED) is 0.263. The van der Waals surface area contributed by atoms with Crippen molar-refractivity contribution in [2.75, 3.05) is 31.6 Å². The van der Waals surface area contributed by atoms with E-state index in [4.69, 9.17) is 11.6 Å². The lowest BCUT2D eigenvalue weighted by Gasteiger charge is -2.31. The summed E-state index contributed by atoms with van der Waals surface area (Å²) in [7, 11) is 1.84. The molecule has 0 unspecified atom stereocenters. The van der Waals surface area contributed by atoms with E-state index in [1.165, 1.54) is 22.4 Å². The summed E-state index contributed by atoms with van der Waals surface area (Å²) < 4.78 is 1.62. The zero-order valence-corrected chi connectivity index (χ0v) is 23.3. The van der Waals surface area contributed by atoms with Gasteiger partial charge >= 0.3 is 0 Å². The Balaban J connectivity index is 1.50. The fourth-order valence-electron chi connectivity index (χ4n) is 4.90. The van der Waals surface area contributed by atoms with Gasteiger partial charge in [-0.15, -0.1) is 11.3 Å². The molecule has 0 spiro atoms. The highest BCUT2D eigenvalue weighted by Gasteiger charge is 2.29. The van der Waals surface area contributed by atoms with Crippen LogP contribution >= 0.6 is 22.9 Å². The highest BCUT2D eigenvalue weighted by atomic mass is 35.5. The van der Waals surface area contributed by atoms with Gasteiger partial charge in [0.15, 0.2) is 0 Å². The maximum absolute atomic E-state index is 13.7. The van der Waals surface area contributed by atoms with Crippen LogP contribution in [-0.4, -0.2) is 63.2 Å². The molecule has 0 radical (unpaired) electrons. The van der Waals surface area contributed by atoms with Gasteiger partial charge in [0, 0.05) is 54.4 Å². The highest BCUT2D eigenvalue weighted by Crippen LogP contribution is 2.32. The topological polar surface area (TPSA) is 128 Å². The van der Waals surface area contributed by atoms with Crippen molar-refractivity contribution < 1.29 is 19.8 Å². The Hall–Kier alpha value is -3.61. The number of aliphatic hydroxyl groups excluding tert-OH is 2. The summed E-state index contributed by atoms with van der Waals surface area (Å²) in [6, 6.07) is 10.6. The summed E-state index contributed by atoms with van der Waals surface area (Å²) in [5.74, 6) is -0.810. The lowest BCUT2D eigenvalue weighted by atomic mass is 10.0. The van der Waals surface area contributed by atoms with Gasteiger partial charge in [0.05, 0.1) is 17.8 Å². The second-order valence-electron chi connectivity index (χ2n) is 9.67. The van der Waals surface area contributed by atoms with Gasteiger partial charge in [-0.05, 0) is 42.4 Å². The van der Waals surface area contributed by atoms with Crippen LogP contribution in [0.5, 0.6) is 0 Å². The predicted molar refractivity (Wildman–Crippen MR) is 154 cm³/mol. The number of aromatic nitrogens is 2. The molecule has 3 N–H and O–H groups in total. The Morgan fingerprint density at radius 1 is 1.23 bits per heavy atom. The molecule has 1 aliphatic heterocycles. The highest BCUT2D eigenvalue weighted by molar-refractivity contribution is 7.09. The van der Waals surface area contributed by atoms with Crippen molar-refractivity contribution in [2.24, 2.45) is 0 Å². The van der Waals surface area contributed by atoms with Crippen molar-refractivity contribution in [3.63, 3.8) is 0 Å². The number of pyridine rings is 1. The van der Waals surface area contributed by atoms with E-state index < -0.39 is 17.4 Å². The molecule has 2 amide bonds. The first-order valence-electron chi connectivity index (χ1n) is 12.6. The van der Waals surface area contributed by atoms with Crippen molar-refractivity contribution in [3.05, 3.63) is 91.1 Å². The lowest BCUT2D eigenvalue weighted by molar-refractivity contribution is -0.119. The number of likely N-dealkylation sites (N-methyl/N-ethyl adjacent to an activating group) is 1. The molecular weight excluding hydrogens is 554 g/mol. The van der Waals surface area contributed by atoms with Crippen molar-refractivity contribution in [3.8, 4) is 0 Å². The molecule has 1 aliphatic rings. The Morgan fingerprint density at radius 3 is 2.70 bits per heavy atom. The molecule has 0 saturated heterocycles. The molecule has 4 aromatic rings. The van der Waals surface area contributed by atoms with Crippen molar-refractivity contribution in [1.29, 1.82) is 0 Å². The number of aliphatic hydroxyl groups is 2. The van der Waals surface area contributed by atoms with Crippen LogP contribution in [0.2, 0.25) is 5.02 Å². The van der Waals surface area contributed by atoms with Crippen LogP contribution in [0.15, 0.2) is 59.0 Å². The summed E-state index contributed by atoms with van der Waals surface area (Å²) in [6.07, 6.45) is 2.29. The number of rotatable bonds is 10. The van der Waals surface area contributed by atoms with Gasteiger partial charge in [-0.1, -0.05) is 23.7 Å². The van der Waals surface area contributed by atoms with Gasteiger partial charge in [0.1, 0.15) is 23.2 Å². The zero-order valence-electron chi connectivity index (χ0n) is 21.7. The monoisotopic (exact) mass is 581 g/mol. The minimum atomic E-state index is -0.774. The van der Waals surface area contributed by atoms with E-state index in [0.29, 0.717) is 39.7 Å². The third-order valence-corrected chi connectivity index (χ3v) is 7.85. The molecule has 1 atom stereocenters. The first-order chi connectivity index (χ1) is 19.2. The molecule has 2 aromatic heterocycles. The number of hydrogen-bond donors (Lipinski definition) is 3. The molecule has 5 rings (SSSR count). The number of carbonyl (C=O) groups excluding carboxylic acids is 2. The second-order valence-corrected chi connectivity index (χ2v) is 11.0. The minimum Gasteiger partial charge on any atom is -0.395 e. The summed E-state index contributed by atoms with van der Waals surface area (Å²) in [5, 5.41) is 26.2. The molecule has 10 nitrogen and oxygen atoms in total. The number of amides is 2. The maximum atomic E-state index is 13.7. The van der Waals surface area contributed by atoms with E-state index in [1.807, 2.05) is 18.0 Å². The molecular formula is C28H28ClN5O5S. The molecule has 0 bridgehead atoms. The van der Waals surface area contributed by atoms with E-state index in [-0.39, 0.29) is 37.7 Å². The van der Waals surface area contributed by atoms with Gasteiger partial charge < -0.3 is 25.0 Å². The van der Waals surface area contributed by atoms with Gasteiger partial charge in [-0.2, -0.15) is 0 Å².